The topological polar surface area (TPSA) is 125 Å². The number of ether oxygens (including phenoxy) is 1. The number of nitrogens with two attached hydrogens (primary N) is 1. The van der Waals surface area contributed by atoms with Crippen LogP contribution in [0.5, 0.6) is 5.75 Å². The second-order valence-corrected chi connectivity index (χ2v) is 4.85. The van der Waals surface area contributed by atoms with Crippen molar-refractivity contribution in [3.05, 3.63) is 64.2 Å². The van der Waals surface area contributed by atoms with Gasteiger partial charge in [-0.1, -0.05) is 6.07 Å². The first-order valence-electron chi connectivity index (χ1n) is 7.02. The zero-order chi connectivity index (χ0) is 17.5. The van der Waals surface area contributed by atoms with Gasteiger partial charge in [-0.25, -0.2) is 0 Å². The van der Waals surface area contributed by atoms with Crippen LogP contribution in [0.3, 0.4) is 0 Å². The number of nitrogens with one attached hydrogen (secondary N) is 1. The fraction of sp³-hybridized carbons (Fsp3) is 0.125. The maximum Gasteiger partial charge on any atom is 0.270 e. The van der Waals surface area contributed by atoms with Crippen LogP contribution in [-0.4, -0.2) is 23.3 Å². The average molecular weight is 329 g/mol. The summed E-state index contributed by atoms with van der Waals surface area (Å²) in [4.78, 5) is 32.9. The van der Waals surface area contributed by atoms with Crippen LogP contribution in [0.15, 0.2) is 48.5 Å². The lowest BCUT2D eigenvalue weighted by atomic mass is 10.2. The van der Waals surface area contributed by atoms with E-state index in [2.05, 4.69) is 5.32 Å². The van der Waals surface area contributed by atoms with Crippen LogP contribution in [-0.2, 0) is 4.79 Å². The Labute approximate surface area is 137 Å². The Hall–Kier alpha value is -3.42. The number of amides is 2. The van der Waals surface area contributed by atoms with E-state index in [1.54, 1.807) is 24.3 Å². The molecule has 124 valence electrons. The summed E-state index contributed by atoms with van der Waals surface area (Å²) in [5, 5.41) is 13.4. The third kappa shape index (κ3) is 4.80. The van der Waals surface area contributed by atoms with Gasteiger partial charge in [0.05, 0.1) is 18.0 Å². The summed E-state index contributed by atoms with van der Waals surface area (Å²) in [5.41, 5.74) is 5.55. The number of hydrogen-bond acceptors (Lipinski definition) is 5. The van der Waals surface area contributed by atoms with E-state index in [1.165, 1.54) is 24.3 Å². The number of carbonyl (C=O) groups excluding carboxylic acids is 2. The maximum atomic E-state index is 12.1. The van der Waals surface area contributed by atoms with Gasteiger partial charge >= 0.3 is 0 Å². The Morgan fingerprint density at radius 1 is 1.17 bits per heavy atom. The summed E-state index contributed by atoms with van der Waals surface area (Å²) in [6.45, 7) is 0.175. The lowest BCUT2D eigenvalue weighted by molar-refractivity contribution is -0.384. The minimum atomic E-state index is -0.561. The molecule has 8 nitrogen and oxygen atoms in total. The van der Waals surface area contributed by atoms with Crippen LogP contribution in [0.2, 0.25) is 0 Å². The van der Waals surface area contributed by atoms with Crippen molar-refractivity contribution in [2.75, 3.05) is 11.9 Å². The molecule has 0 aliphatic carbocycles. The number of anilines is 1. The van der Waals surface area contributed by atoms with Crippen LogP contribution in [0.4, 0.5) is 11.4 Å². The van der Waals surface area contributed by atoms with Gasteiger partial charge < -0.3 is 15.8 Å². The summed E-state index contributed by atoms with van der Waals surface area (Å²) in [6, 6.07) is 12.0. The Kier molecular flexibility index (Phi) is 5.45. The van der Waals surface area contributed by atoms with Gasteiger partial charge in [0.25, 0.3) is 11.6 Å². The molecule has 0 saturated heterocycles. The van der Waals surface area contributed by atoms with E-state index in [9.17, 15) is 19.7 Å². The van der Waals surface area contributed by atoms with E-state index in [-0.39, 0.29) is 24.3 Å². The van der Waals surface area contributed by atoms with E-state index in [1.807, 2.05) is 0 Å². The highest BCUT2D eigenvalue weighted by Gasteiger charge is 2.11. The minimum absolute atomic E-state index is 0.116. The molecule has 0 bridgehead atoms. The number of benzene rings is 2. The zero-order valence-electron chi connectivity index (χ0n) is 12.6. The number of carbonyl (C=O) groups is 2. The van der Waals surface area contributed by atoms with Crippen molar-refractivity contribution < 1.29 is 19.2 Å². The third-order valence-corrected chi connectivity index (χ3v) is 3.05. The van der Waals surface area contributed by atoms with Crippen LogP contribution < -0.4 is 15.8 Å². The number of hydrogen-bond donors (Lipinski definition) is 2. The van der Waals surface area contributed by atoms with Crippen molar-refractivity contribution in [2.45, 2.75) is 6.42 Å². The average Bonchev–Trinajstić information content (AvgIpc) is 2.56. The molecule has 2 amide bonds. The lowest BCUT2D eigenvalue weighted by Crippen LogP contribution is -2.14. The Morgan fingerprint density at radius 3 is 2.50 bits per heavy atom. The second-order valence-electron chi connectivity index (χ2n) is 4.85. The van der Waals surface area contributed by atoms with Crippen LogP contribution in [0.25, 0.3) is 0 Å². The molecule has 2 aromatic carbocycles. The second kappa shape index (κ2) is 7.73. The predicted molar refractivity (Wildman–Crippen MR) is 86.8 cm³/mol. The van der Waals surface area contributed by atoms with Gasteiger partial charge in [-0.05, 0) is 30.3 Å². The first-order chi connectivity index (χ1) is 11.5. The SMILES string of the molecule is NC(=O)CCOc1ccc(NC(=O)c2cccc([N+](=O)[O-])c2)cc1. The molecule has 0 atom stereocenters. The van der Waals surface area contributed by atoms with Crippen LogP contribution >= 0.6 is 0 Å². The number of nitro groups is 1. The number of primary amides is 1. The summed E-state index contributed by atoms with van der Waals surface area (Å²) in [5.74, 6) is -0.374. The molecule has 24 heavy (non-hydrogen) atoms. The molecule has 0 aliphatic heterocycles. The molecule has 0 unspecified atom stereocenters. The maximum absolute atomic E-state index is 12.1. The first kappa shape index (κ1) is 16.9. The molecular formula is C16H15N3O5. The molecular weight excluding hydrogens is 314 g/mol. The monoisotopic (exact) mass is 329 g/mol. The molecule has 0 saturated carbocycles. The summed E-state index contributed by atoms with van der Waals surface area (Å²) in [6.07, 6.45) is 0.116. The molecule has 0 aromatic heterocycles. The van der Waals surface area contributed by atoms with Gasteiger partial charge in [-0.15, -0.1) is 0 Å². The molecule has 0 fully saturated rings. The van der Waals surface area contributed by atoms with E-state index in [0.717, 1.165) is 0 Å². The quantitative estimate of drug-likeness (QED) is 0.594. The fourth-order valence-electron chi connectivity index (χ4n) is 1.87. The van der Waals surface area contributed by atoms with Crippen LogP contribution in [0, 0.1) is 10.1 Å². The Balaban J connectivity index is 1.98. The molecule has 0 radical (unpaired) electrons. The number of nitro benzene ring substituents is 1. The largest absolute Gasteiger partial charge is 0.493 e. The van der Waals surface area contributed by atoms with Gasteiger partial charge in [0.15, 0.2) is 0 Å². The molecule has 3 N–H and O–H groups in total. The standard InChI is InChI=1S/C16H15N3O5/c17-15(20)8-9-24-14-6-4-12(5-7-14)18-16(21)11-2-1-3-13(10-11)19(22)23/h1-7,10H,8-9H2,(H2,17,20)(H,18,21). The lowest BCUT2D eigenvalue weighted by Gasteiger charge is -2.08. The first-order valence-corrected chi connectivity index (χ1v) is 7.02. The Bertz CT molecular complexity index is 759. The van der Waals surface area contributed by atoms with Crippen molar-refractivity contribution >= 4 is 23.2 Å². The highest BCUT2D eigenvalue weighted by atomic mass is 16.6. The van der Waals surface area contributed by atoms with Crippen molar-refractivity contribution in [1.82, 2.24) is 0 Å². The van der Waals surface area contributed by atoms with E-state index < -0.39 is 16.7 Å². The van der Waals surface area contributed by atoms with E-state index in [0.29, 0.717) is 11.4 Å². The highest BCUT2D eigenvalue weighted by Crippen LogP contribution is 2.18. The smallest absolute Gasteiger partial charge is 0.270 e. The van der Waals surface area contributed by atoms with Crippen molar-refractivity contribution in [1.29, 1.82) is 0 Å². The summed E-state index contributed by atoms with van der Waals surface area (Å²) < 4.78 is 5.32. The van der Waals surface area contributed by atoms with E-state index in [4.69, 9.17) is 10.5 Å². The molecule has 0 heterocycles. The van der Waals surface area contributed by atoms with E-state index >= 15 is 0 Å². The Morgan fingerprint density at radius 2 is 1.88 bits per heavy atom. The summed E-state index contributed by atoms with van der Waals surface area (Å²) in [7, 11) is 0. The van der Waals surface area contributed by atoms with Crippen molar-refractivity contribution in [2.24, 2.45) is 5.73 Å². The van der Waals surface area contributed by atoms with Gasteiger partial charge in [0.1, 0.15) is 5.75 Å². The van der Waals surface area contributed by atoms with Gasteiger partial charge in [-0.2, -0.15) is 0 Å². The van der Waals surface area contributed by atoms with Gasteiger partial charge in [0, 0.05) is 23.4 Å². The third-order valence-electron chi connectivity index (χ3n) is 3.05. The van der Waals surface area contributed by atoms with Crippen molar-refractivity contribution in [3.63, 3.8) is 0 Å². The summed E-state index contributed by atoms with van der Waals surface area (Å²) >= 11 is 0. The fourth-order valence-corrected chi connectivity index (χ4v) is 1.87. The number of rotatable bonds is 7. The normalized spacial score (nSPS) is 10.0. The molecule has 0 aliphatic rings. The van der Waals surface area contributed by atoms with Crippen molar-refractivity contribution in [3.8, 4) is 5.75 Å². The molecule has 0 spiro atoms. The number of non-ortho nitro benzene ring substituents is 1. The highest BCUT2D eigenvalue weighted by molar-refractivity contribution is 6.04. The molecule has 8 heteroatoms. The van der Waals surface area contributed by atoms with Gasteiger partial charge in [0.2, 0.25) is 5.91 Å². The van der Waals surface area contributed by atoms with Gasteiger partial charge in [-0.3, -0.25) is 19.7 Å². The van der Waals surface area contributed by atoms with Crippen LogP contribution in [0.1, 0.15) is 16.8 Å². The zero-order valence-corrected chi connectivity index (χ0v) is 12.6. The molecule has 2 rings (SSSR count). The predicted octanol–water partition coefficient (Wildman–Crippen LogP) is 2.10. The number of nitrogens with zero attached hydrogens (tertiary/aromatic N) is 1. The minimum Gasteiger partial charge on any atom is -0.493 e. The molecule has 2 aromatic rings.